The summed E-state index contributed by atoms with van der Waals surface area (Å²) in [6, 6.07) is 3.84. The number of hydrogen-bond donors (Lipinski definition) is 1. The van der Waals surface area contributed by atoms with Gasteiger partial charge in [-0.05, 0) is 67.2 Å². The number of aromatic nitrogens is 1. The summed E-state index contributed by atoms with van der Waals surface area (Å²) in [6.07, 6.45) is 4.46. The van der Waals surface area contributed by atoms with Crippen LogP contribution in [-0.2, 0) is 6.42 Å². The molecular weight excluding hydrogens is 395 g/mol. The predicted molar refractivity (Wildman–Crippen MR) is 125 cm³/mol. The number of benzene rings is 1. The van der Waals surface area contributed by atoms with E-state index in [0.29, 0.717) is 12.1 Å². The first-order valence-corrected chi connectivity index (χ1v) is 11.3. The van der Waals surface area contributed by atoms with Gasteiger partial charge in [0.25, 0.3) is 5.56 Å². The van der Waals surface area contributed by atoms with E-state index < -0.39 is 0 Å². The fourth-order valence-electron chi connectivity index (χ4n) is 4.66. The second kappa shape index (κ2) is 7.85. The summed E-state index contributed by atoms with van der Waals surface area (Å²) in [6.45, 7) is 8.83. The highest BCUT2D eigenvalue weighted by atomic mass is 32.2. The number of pyridine rings is 1. The van der Waals surface area contributed by atoms with Crippen LogP contribution in [0.25, 0.3) is 16.7 Å². The molecule has 0 fully saturated rings. The van der Waals surface area contributed by atoms with Crippen LogP contribution in [0, 0.1) is 32.6 Å². The standard InChI is InChI=1S/C25H25FN2OS/c1-6-19-15(3)24-23(16(4)22(19)20-11-10-14(2)27-25(20)29)21-12-18(26)9-7-8-17(21)13-28(24)30-5/h9-11H,6,12-13H2,1-5H3,(H,27,29). The Labute approximate surface area is 181 Å². The number of fused-ring (bicyclic) bond motifs is 2. The van der Waals surface area contributed by atoms with Gasteiger partial charge in [0.2, 0.25) is 0 Å². The summed E-state index contributed by atoms with van der Waals surface area (Å²) in [5.74, 6) is 5.80. The molecule has 0 radical (unpaired) electrons. The van der Waals surface area contributed by atoms with Gasteiger partial charge in [0.1, 0.15) is 5.83 Å². The van der Waals surface area contributed by atoms with Crippen molar-refractivity contribution in [2.45, 2.75) is 40.5 Å². The third kappa shape index (κ3) is 3.20. The normalized spacial score (nSPS) is 15.1. The van der Waals surface area contributed by atoms with Gasteiger partial charge in [0.15, 0.2) is 0 Å². The van der Waals surface area contributed by atoms with Gasteiger partial charge in [-0.2, -0.15) is 0 Å². The molecule has 0 unspecified atom stereocenters. The second-order valence-electron chi connectivity index (χ2n) is 7.78. The van der Waals surface area contributed by atoms with E-state index in [9.17, 15) is 9.18 Å². The predicted octanol–water partition coefficient (Wildman–Crippen LogP) is 5.64. The number of halogens is 1. The van der Waals surface area contributed by atoms with Crippen LogP contribution in [0.15, 0.2) is 34.4 Å². The Bertz CT molecular complexity index is 1240. The minimum atomic E-state index is -0.220. The van der Waals surface area contributed by atoms with Crippen molar-refractivity contribution in [3.63, 3.8) is 0 Å². The zero-order chi connectivity index (χ0) is 21.6. The Morgan fingerprint density at radius 3 is 2.63 bits per heavy atom. The summed E-state index contributed by atoms with van der Waals surface area (Å²) in [7, 11) is 0. The molecule has 3 nitrogen and oxygen atoms in total. The first-order chi connectivity index (χ1) is 14.4. The minimum Gasteiger partial charge on any atom is -0.326 e. The largest absolute Gasteiger partial charge is 0.326 e. The lowest BCUT2D eigenvalue weighted by molar-refractivity contribution is 0.621. The highest BCUT2D eigenvalue weighted by Crippen LogP contribution is 2.48. The molecule has 0 amide bonds. The van der Waals surface area contributed by atoms with Crippen LogP contribution in [0.4, 0.5) is 10.1 Å². The number of nitrogens with one attached hydrogen (secondary N) is 1. The number of hydrogen-bond acceptors (Lipinski definition) is 3. The van der Waals surface area contributed by atoms with Crippen LogP contribution in [-0.4, -0.2) is 17.8 Å². The molecule has 0 saturated carbocycles. The molecule has 0 bridgehead atoms. The SMILES string of the molecule is CCc1c(C)c2c(c(C)c1-c1ccc(C)[nH]c1=O)C1=C(C#CC=C(F)C1)CN2SC. The van der Waals surface area contributed by atoms with Crippen molar-refractivity contribution in [3.8, 4) is 23.0 Å². The third-order valence-corrected chi connectivity index (χ3v) is 6.76. The Balaban J connectivity index is 2.12. The smallest absolute Gasteiger partial charge is 0.256 e. The Hall–Kier alpha value is -2.71. The lowest BCUT2D eigenvalue weighted by atomic mass is 9.80. The summed E-state index contributed by atoms with van der Waals surface area (Å²) in [5, 5.41) is 0. The molecule has 2 heterocycles. The van der Waals surface area contributed by atoms with Crippen LogP contribution in [0.5, 0.6) is 0 Å². The first kappa shape index (κ1) is 20.6. The molecule has 1 aromatic carbocycles. The number of anilines is 1. The average molecular weight is 421 g/mol. The zero-order valence-electron chi connectivity index (χ0n) is 18.0. The zero-order valence-corrected chi connectivity index (χ0v) is 18.8. The molecule has 0 atom stereocenters. The Morgan fingerprint density at radius 1 is 1.20 bits per heavy atom. The van der Waals surface area contributed by atoms with Crippen LogP contribution < -0.4 is 9.86 Å². The molecular formula is C25H25FN2OS. The lowest BCUT2D eigenvalue weighted by Gasteiger charge is -2.35. The first-order valence-electron chi connectivity index (χ1n) is 10.1. The molecule has 4 rings (SSSR count). The van der Waals surface area contributed by atoms with Crippen molar-refractivity contribution in [2.75, 3.05) is 17.1 Å². The molecule has 154 valence electrons. The van der Waals surface area contributed by atoms with E-state index in [1.54, 1.807) is 11.9 Å². The van der Waals surface area contributed by atoms with E-state index in [0.717, 1.165) is 51.2 Å². The second-order valence-corrected chi connectivity index (χ2v) is 8.58. The van der Waals surface area contributed by atoms with E-state index >= 15 is 0 Å². The van der Waals surface area contributed by atoms with Gasteiger partial charge >= 0.3 is 0 Å². The van der Waals surface area contributed by atoms with E-state index in [-0.39, 0.29) is 17.8 Å². The molecule has 2 aromatic rings. The van der Waals surface area contributed by atoms with E-state index in [1.807, 2.05) is 19.1 Å². The van der Waals surface area contributed by atoms with Crippen LogP contribution in [0.1, 0.15) is 41.3 Å². The van der Waals surface area contributed by atoms with Crippen molar-refractivity contribution in [3.05, 3.63) is 67.9 Å². The fourth-order valence-corrected chi connectivity index (χ4v) is 5.33. The Morgan fingerprint density at radius 2 is 1.97 bits per heavy atom. The van der Waals surface area contributed by atoms with Crippen molar-refractivity contribution in [1.82, 2.24) is 4.98 Å². The average Bonchev–Trinajstić information content (AvgIpc) is 2.90. The van der Waals surface area contributed by atoms with Crippen molar-refractivity contribution >= 4 is 23.2 Å². The molecule has 1 N–H and O–H groups in total. The van der Waals surface area contributed by atoms with Gasteiger partial charge in [-0.3, -0.25) is 4.79 Å². The summed E-state index contributed by atoms with van der Waals surface area (Å²) < 4.78 is 16.7. The molecule has 1 aliphatic carbocycles. The molecule has 1 aliphatic heterocycles. The topological polar surface area (TPSA) is 36.1 Å². The maximum absolute atomic E-state index is 14.4. The van der Waals surface area contributed by atoms with Gasteiger partial charge in [0, 0.05) is 41.1 Å². The number of nitrogens with zero attached hydrogens (tertiary/aromatic N) is 1. The maximum Gasteiger partial charge on any atom is 0.256 e. The summed E-state index contributed by atoms with van der Waals surface area (Å²) in [4.78, 5) is 15.8. The van der Waals surface area contributed by atoms with Gasteiger partial charge < -0.3 is 9.29 Å². The lowest BCUT2D eigenvalue weighted by Crippen LogP contribution is -2.26. The molecule has 1 aromatic heterocycles. The fraction of sp³-hybridized carbons (Fsp3) is 0.320. The van der Waals surface area contributed by atoms with Crippen molar-refractivity contribution < 1.29 is 4.39 Å². The number of allylic oxidation sites excluding steroid dienone is 3. The molecule has 0 spiro atoms. The maximum atomic E-state index is 14.4. The van der Waals surface area contributed by atoms with Gasteiger partial charge in [-0.15, -0.1) is 0 Å². The van der Waals surface area contributed by atoms with E-state index in [2.05, 4.69) is 48.2 Å². The number of H-pyrrole nitrogens is 1. The van der Waals surface area contributed by atoms with Crippen LogP contribution in [0.3, 0.4) is 0 Å². The van der Waals surface area contributed by atoms with E-state index in [1.165, 1.54) is 11.6 Å². The molecule has 2 aliphatic rings. The van der Waals surface area contributed by atoms with E-state index in [4.69, 9.17) is 0 Å². The molecule has 30 heavy (non-hydrogen) atoms. The van der Waals surface area contributed by atoms with Crippen molar-refractivity contribution in [2.24, 2.45) is 0 Å². The minimum absolute atomic E-state index is 0.0920. The monoisotopic (exact) mass is 420 g/mol. The van der Waals surface area contributed by atoms with Gasteiger partial charge in [-0.25, -0.2) is 4.39 Å². The third-order valence-electron chi connectivity index (χ3n) is 6.01. The van der Waals surface area contributed by atoms with Gasteiger partial charge in [-0.1, -0.05) is 30.7 Å². The van der Waals surface area contributed by atoms with Crippen LogP contribution in [0.2, 0.25) is 0 Å². The van der Waals surface area contributed by atoms with Gasteiger partial charge in [0.05, 0.1) is 12.2 Å². The highest BCUT2D eigenvalue weighted by molar-refractivity contribution is 8.00. The highest BCUT2D eigenvalue weighted by Gasteiger charge is 2.31. The number of rotatable bonds is 3. The van der Waals surface area contributed by atoms with Crippen molar-refractivity contribution in [1.29, 1.82) is 0 Å². The Kier molecular flexibility index (Phi) is 5.38. The van der Waals surface area contributed by atoms with Crippen LogP contribution >= 0.6 is 11.9 Å². The quantitative estimate of drug-likeness (QED) is 0.515. The molecule has 0 saturated heterocycles. The number of aryl methyl sites for hydroxylation is 1. The molecule has 5 heteroatoms. The number of aromatic amines is 1. The summed E-state index contributed by atoms with van der Waals surface area (Å²) >= 11 is 1.65. The summed E-state index contributed by atoms with van der Waals surface area (Å²) in [5.41, 5.74) is 9.75.